The van der Waals surface area contributed by atoms with E-state index in [2.05, 4.69) is 206 Å². The lowest BCUT2D eigenvalue weighted by Crippen LogP contribution is -2.00. The second-order valence-corrected chi connectivity index (χ2v) is 35.3. The van der Waals surface area contributed by atoms with Crippen LogP contribution in [0.5, 0.6) is 0 Å². The summed E-state index contributed by atoms with van der Waals surface area (Å²) in [4.78, 5) is 25.2. The Kier molecular flexibility index (Phi) is 16.9. The first-order chi connectivity index (χ1) is 68.1. The van der Waals surface area contributed by atoms with Crippen molar-refractivity contribution in [3.63, 3.8) is 0 Å². The number of pyridine rings is 3. The molecule has 0 bridgehead atoms. The normalized spacial score (nSPS) is 11.7. The Morgan fingerprint density at radius 1 is 0.232 bits per heavy atom. The maximum Gasteiger partial charge on any atom is 0.188 e. The van der Waals surface area contributed by atoms with Crippen LogP contribution in [0, 0.1) is 65.0 Å². The van der Waals surface area contributed by atoms with Crippen molar-refractivity contribution in [1.82, 2.24) is 42.4 Å². The molecule has 0 unspecified atom stereocenters. The van der Waals surface area contributed by atoms with Gasteiger partial charge in [0.05, 0.1) is 149 Å². The fraction of sp³-hybridized carbons (Fsp3) is 0. The molecule has 0 radical (unpaired) electrons. The minimum Gasteiger partial charge on any atom is -0.454 e. The van der Waals surface area contributed by atoms with Gasteiger partial charge in [-0.1, -0.05) is 91.0 Å². The van der Waals surface area contributed by atoms with Crippen LogP contribution in [0.15, 0.2) is 365 Å². The monoisotopic (exact) mass is 1780 g/mol. The fourth-order valence-electron chi connectivity index (χ4n) is 21.2. The van der Waals surface area contributed by atoms with Crippen LogP contribution in [0.3, 0.4) is 0 Å². The highest BCUT2D eigenvalue weighted by Crippen LogP contribution is 2.49. The van der Waals surface area contributed by atoms with Gasteiger partial charge in [0, 0.05) is 121 Å². The molecule has 29 rings (SSSR count). The van der Waals surface area contributed by atoms with Crippen molar-refractivity contribution in [2.24, 2.45) is 0 Å². The second-order valence-electron chi connectivity index (χ2n) is 34.2. The Hall–Kier alpha value is -20.2. The number of furan rings is 3. The van der Waals surface area contributed by atoms with Crippen LogP contribution in [0.4, 0.5) is 17.1 Å². The highest BCUT2D eigenvalue weighted by atomic mass is 32.1. The van der Waals surface area contributed by atoms with Crippen molar-refractivity contribution in [3.8, 4) is 58.4 Å². The number of hydrogen-bond donors (Lipinski definition) is 0. The molecule has 0 saturated heterocycles. The molecule has 16 aromatic carbocycles. The van der Waals surface area contributed by atoms with Crippen molar-refractivity contribution >= 4 is 246 Å². The van der Waals surface area contributed by atoms with Gasteiger partial charge in [0.15, 0.2) is 33.8 Å². The lowest BCUT2D eigenvalue weighted by molar-refractivity contribution is 0.668. The number of nitrogens with zero attached hydrogens (tertiary/aromatic N) is 16. The first-order valence-corrected chi connectivity index (χ1v) is 45.2. The van der Waals surface area contributed by atoms with Crippen LogP contribution >= 0.6 is 11.3 Å². The van der Waals surface area contributed by atoms with Gasteiger partial charge < -0.3 is 40.7 Å². The molecule has 0 atom stereocenters. The second kappa shape index (κ2) is 29.9. The smallest absolute Gasteiger partial charge is 0.188 e. The third-order valence-corrected chi connectivity index (χ3v) is 28.1. The number of benzene rings is 16. The van der Waals surface area contributed by atoms with E-state index in [-0.39, 0.29) is 0 Å². The zero-order valence-corrected chi connectivity index (χ0v) is 73.1. The van der Waals surface area contributed by atoms with Gasteiger partial charge in [-0.25, -0.2) is 14.5 Å². The van der Waals surface area contributed by atoms with E-state index in [1.807, 2.05) is 188 Å². The Bertz CT molecular complexity index is 10700. The Morgan fingerprint density at radius 2 is 0.529 bits per heavy atom. The average molecular weight is 1780 g/mol. The van der Waals surface area contributed by atoms with E-state index in [1.165, 1.54) is 25.6 Å². The van der Waals surface area contributed by atoms with E-state index in [1.54, 1.807) is 35.9 Å². The fourth-order valence-corrected chi connectivity index (χ4v) is 22.3. The molecule has 0 aliphatic heterocycles. The van der Waals surface area contributed by atoms with Gasteiger partial charge in [0.25, 0.3) is 0 Å². The summed E-state index contributed by atoms with van der Waals surface area (Å²) in [6.45, 7) is 22.7. The van der Waals surface area contributed by atoms with E-state index < -0.39 is 0 Å². The topological polar surface area (TPSA) is 216 Å². The predicted molar refractivity (Wildman–Crippen MR) is 551 cm³/mol. The van der Waals surface area contributed by atoms with Crippen molar-refractivity contribution in [2.45, 2.75) is 0 Å². The Labute approximate surface area is 784 Å². The summed E-state index contributed by atoms with van der Waals surface area (Å²) in [5.74, 6) is 0. The molecule has 13 heterocycles. The number of aromatic nitrogens is 9. The number of thiophene rings is 1. The van der Waals surface area contributed by atoms with E-state index in [9.17, 15) is 21.0 Å². The molecule has 0 amide bonds. The molecule has 138 heavy (non-hydrogen) atoms. The van der Waals surface area contributed by atoms with Crippen molar-refractivity contribution in [3.05, 3.63) is 409 Å². The maximum atomic E-state index is 10.3. The average Bonchev–Trinajstić information content (AvgIpc) is 1.55. The summed E-state index contributed by atoms with van der Waals surface area (Å²) < 4.78 is 34.5. The van der Waals surface area contributed by atoms with Crippen LogP contribution in [0.25, 0.3) is 266 Å². The van der Waals surface area contributed by atoms with E-state index in [0.717, 1.165) is 220 Å². The maximum absolute atomic E-state index is 10.3. The molecule has 0 saturated carbocycles. The third kappa shape index (κ3) is 11.5. The van der Waals surface area contributed by atoms with Crippen molar-refractivity contribution in [1.29, 1.82) is 21.0 Å². The molecule has 0 spiro atoms. The molecule has 0 N–H and O–H groups in total. The number of nitriles is 4. The van der Waals surface area contributed by atoms with Gasteiger partial charge in [-0.3, -0.25) is 15.0 Å². The van der Waals surface area contributed by atoms with E-state index in [0.29, 0.717) is 44.9 Å². The largest absolute Gasteiger partial charge is 0.454 e. The molecule has 29 aromatic rings. The van der Waals surface area contributed by atoms with Crippen LogP contribution in [-0.4, -0.2) is 42.4 Å². The molecule has 20 heteroatoms. The minimum atomic E-state index is 0.497. The quantitative estimate of drug-likeness (QED) is 0.143. The summed E-state index contributed by atoms with van der Waals surface area (Å²) in [5, 5.41) is 57.5. The lowest BCUT2D eigenvalue weighted by atomic mass is 10.1. The van der Waals surface area contributed by atoms with Gasteiger partial charge >= 0.3 is 0 Å². The number of fused-ring (bicyclic) bond motifs is 33. The summed E-state index contributed by atoms with van der Waals surface area (Å²) in [6.07, 6.45) is 5.39. The van der Waals surface area contributed by atoms with E-state index >= 15 is 0 Å². The standard InChI is InChI=1S/C43H21N5OS.C38H18N6O.C37H19N5O/c1-45-25-9-14-36-31(20-25)30-19-24(23-44)8-13-35(30)47(36)26-10-16-39-32(21-26)33-22-27(11-17-40(33)50-39)48-34-6-3-2-5-28(34)29-12-15-37-41(43(29)48)42-38(49-37)7-4-18-46-42;1-41-24-9-12-33-30(18-24)29-17-22(20-39)8-11-32(29)43(33)25-15-23(21-40)16-26(19-25)44-31-6-3-2-5-27(31)28-10-13-34-36(38(28)44)37-35(45-34)7-4-14-42-37;1-39-23-12-14-32-29(19-23)27-8-3-4-9-30(27)41(32)24-17-22(21-38)18-25(20-24)42-31-10-5-2-7-26(31)28-13-15-33-35(37(28)42)36-34(43-33)11-6-16-40-36/h2-22H;2-19H;2-20H. The van der Waals surface area contributed by atoms with E-state index in [4.69, 9.17) is 47.9 Å². The van der Waals surface area contributed by atoms with Gasteiger partial charge in [-0.15, -0.1) is 11.3 Å². The first kappa shape index (κ1) is 77.7. The minimum absolute atomic E-state index is 0.497. The van der Waals surface area contributed by atoms with Crippen LogP contribution in [-0.2, 0) is 0 Å². The van der Waals surface area contributed by atoms with Crippen molar-refractivity contribution < 1.29 is 13.3 Å². The van der Waals surface area contributed by atoms with Gasteiger partial charge in [0.1, 0.15) is 33.3 Å². The zero-order valence-electron chi connectivity index (χ0n) is 72.3. The summed E-state index contributed by atoms with van der Waals surface area (Å²) in [7, 11) is 0. The number of para-hydroxylation sites is 4. The highest BCUT2D eigenvalue weighted by molar-refractivity contribution is 7.25. The summed E-state index contributed by atoms with van der Waals surface area (Å²) in [6, 6.07) is 120. The Morgan fingerprint density at radius 3 is 0.891 bits per heavy atom. The van der Waals surface area contributed by atoms with Crippen LogP contribution in [0.2, 0.25) is 0 Å². The van der Waals surface area contributed by atoms with Crippen LogP contribution < -0.4 is 0 Å². The molecular formula is C118H58N16O3S. The lowest BCUT2D eigenvalue weighted by Gasteiger charge is -2.14. The molecular weight excluding hydrogens is 1720 g/mol. The predicted octanol–water partition coefficient (Wildman–Crippen LogP) is 31.0. The van der Waals surface area contributed by atoms with Gasteiger partial charge in [-0.2, -0.15) is 21.0 Å². The molecule has 634 valence electrons. The first-order valence-electron chi connectivity index (χ1n) is 44.4. The molecule has 0 aliphatic carbocycles. The highest BCUT2D eigenvalue weighted by Gasteiger charge is 2.28. The van der Waals surface area contributed by atoms with Crippen molar-refractivity contribution in [2.75, 3.05) is 0 Å². The summed E-state index contributed by atoms with van der Waals surface area (Å²) in [5.41, 5.74) is 28.2. The number of hydrogen-bond acceptors (Lipinski definition) is 11. The molecule has 19 nitrogen and oxygen atoms in total. The van der Waals surface area contributed by atoms with Gasteiger partial charge in [0.2, 0.25) is 0 Å². The zero-order chi connectivity index (χ0) is 92.0. The Balaban J connectivity index is 0.000000105. The van der Waals surface area contributed by atoms with Crippen LogP contribution in [0.1, 0.15) is 22.3 Å². The third-order valence-electron chi connectivity index (χ3n) is 26.9. The van der Waals surface area contributed by atoms with Gasteiger partial charge in [-0.05, 0) is 259 Å². The molecule has 0 aliphatic rings. The SMILES string of the molecule is [C-]#[N+]c1ccc2c(c1)c1cc(C#N)ccc1n2-c1cc(C#N)cc(-n2c3ccccc3c3ccc4oc5cccnc5c4c32)c1.[C-]#[N+]c1ccc2c(c1)c1cc(C#N)ccc1n2-c1ccc2sc3ccc(-n4c5ccccc5c5ccc6oc7cccnc7c6c54)cc3c2c1.[C-]#[N+]c1ccc2c(c1)c1ccccc1n2-c1cc(C#N)cc(-n2c3ccccc3c3ccc4oc5cccnc5c4c32)c1. The molecule has 13 aromatic heterocycles. The summed E-state index contributed by atoms with van der Waals surface area (Å²) >= 11 is 1.79. The number of rotatable bonds is 6. The molecule has 0 fully saturated rings.